The number of aromatic amines is 1. The van der Waals surface area contributed by atoms with Gasteiger partial charge in [0, 0.05) is 49.6 Å². The van der Waals surface area contributed by atoms with Crippen LogP contribution in [0.25, 0.3) is 0 Å². The van der Waals surface area contributed by atoms with Crippen LogP contribution < -0.4 is 0 Å². The Labute approximate surface area is 330 Å². The minimum atomic E-state index is -1.17. The molecule has 4 saturated carbocycles. The van der Waals surface area contributed by atoms with Crippen LogP contribution in [0.3, 0.4) is 0 Å². The number of ether oxygens (including phenoxy) is 1. The number of aromatic nitrogens is 2. The van der Waals surface area contributed by atoms with E-state index in [4.69, 9.17) is 4.74 Å². The molecule has 0 saturated heterocycles. The molecule has 0 spiro atoms. The SMILES string of the molecule is CC(C)C1=C2[C@H]3CC[C@@H]4[C@@]5(C)CC[C@H](OC(=O)CC(C)(C)C(=O)O)C(C)(C)[C@@H]5CC[C@@]4(C)[C@]3(C)CCC2(C(O)CN(CCN(C)C)Cc2cc[nH]n2)CC1=O. The van der Waals surface area contributed by atoms with Gasteiger partial charge in [-0.15, -0.1) is 0 Å². The molecule has 0 radical (unpaired) electrons. The highest BCUT2D eigenvalue weighted by Gasteiger charge is 2.71. The Hall–Kier alpha value is -2.56. The van der Waals surface area contributed by atoms with E-state index in [1.54, 1.807) is 13.8 Å². The number of carboxylic acids is 1. The number of hydrogen-bond acceptors (Lipinski definition) is 8. The molecule has 1 aromatic heterocycles. The number of likely N-dealkylation sites (N-methyl/N-ethyl adjacent to an activating group) is 1. The fourth-order valence-corrected chi connectivity index (χ4v) is 13.5. The highest BCUT2D eigenvalue weighted by Crippen LogP contribution is 2.77. The molecule has 308 valence electrons. The number of H-pyrrole nitrogens is 1. The summed E-state index contributed by atoms with van der Waals surface area (Å²) in [5.41, 5.74) is 1.36. The first kappa shape index (κ1) is 42.1. The first-order valence-corrected chi connectivity index (χ1v) is 21.3. The molecule has 55 heavy (non-hydrogen) atoms. The van der Waals surface area contributed by atoms with Crippen LogP contribution in [-0.2, 0) is 25.7 Å². The van der Waals surface area contributed by atoms with Crippen LogP contribution >= 0.6 is 0 Å². The summed E-state index contributed by atoms with van der Waals surface area (Å²) < 4.78 is 6.19. The number of carbonyl (C=O) groups excluding carboxylic acids is 2. The van der Waals surface area contributed by atoms with Gasteiger partial charge in [0.25, 0.3) is 0 Å². The maximum absolute atomic E-state index is 14.2. The Morgan fingerprint density at radius 2 is 1.69 bits per heavy atom. The number of carboxylic acid groups (broad SMARTS) is 1. The zero-order valence-electron chi connectivity index (χ0n) is 35.9. The number of esters is 1. The molecular weight excluding hydrogens is 693 g/mol. The van der Waals surface area contributed by atoms with E-state index in [9.17, 15) is 24.6 Å². The number of nitrogens with one attached hydrogen (secondary N) is 1. The maximum atomic E-state index is 14.2. The number of allylic oxidation sites excluding steroid dienone is 1. The van der Waals surface area contributed by atoms with E-state index in [-0.39, 0.29) is 51.8 Å². The molecule has 5 aliphatic rings. The smallest absolute Gasteiger partial charge is 0.309 e. The number of carbonyl (C=O) groups is 3. The number of nitrogens with zero attached hydrogens (tertiary/aromatic N) is 3. The number of aliphatic hydroxyl groups is 1. The number of hydrogen-bond donors (Lipinski definition) is 3. The molecule has 1 heterocycles. The molecule has 6 rings (SSSR count). The predicted molar refractivity (Wildman–Crippen MR) is 214 cm³/mol. The van der Waals surface area contributed by atoms with Gasteiger partial charge < -0.3 is 19.8 Å². The molecule has 9 atom stereocenters. The van der Waals surface area contributed by atoms with Crippen LogP contribution in [0.5, 0.6) is 0 Å². The lowest BCUT2D eigenvalue weighted by Gasteiger charge is -2.72. The lowest BCUT2D eigenvalue weighted by molar-refractivity contribution is -0.235. The minimum Gasteiger partial charge on any atom is -0.481 e. The summed E-state index contributed by atoms with van der Waals surface area (Å²) in [6.07, 6.45) is 9.01. The second kappa shape index (κ2) is 14.7. The lowest BCUT2D eigenvalue weighted by atomic mass is 9.33. The molecule has 4 fully saturated rings. The van der Waals surface area contributed by atoms with Crippen LogP contribution in [-0.4, -0.2) is 93.9 Å². The third kappa shape index (κ3) is 6.96. The first-order valence-electron chi connectivity index (χ1n) is 21.3. The molecule has 0 aliphatic heterocycles. The van der Waals surface area contributed by atoms with E-state index in [0.717, 1.165) is 75.7 Å². The van der Waals surface area contributed by atoms with Crippen molar-refractivity contribution in [2.24, 2.45) is 56.2 Å². The van der Waals surface area contributed by atoms with Gasteiger partial charge in [0.05, 0.1) is 23.6 Å². The van der Waals surface area contributed by atoms with Crippen LogP contribution in [0.1, 0.15) is 132 Å². The maximum Gasteiger partial charge on any atom is 0.309 e. The summed E-state index contributed by atoms with van der Waals surface area (Å²) >= 11 is 0. The van der Waals surface area contributed by atoms with Crippen molar-refractivity contribution < 1.29 is 29.3 Å². The van der Waals surface area contributed by atoms with Crippen molar-refractivity contribution in [3.63, 3.8) is 0 Å². The van der Waals surface area contributed by atoms with Gasteiger partial charge in [0.2, 0.25) is 0 Å². The average molecular weight is 765 g/mol. The van der Waals surface area contributed by atoms with Gasteiger partial charge in [0.1, 0.15) is 6.10 Å². The Morgan fingerprint density at radius 3 is 2.31 bits per heavy atom. The lowest BCUT2D eigenvalue weighted by Crippen LogP contribution is -2.66. The minimum absolute atomic E-state index is 0.0251. The Balaban J connectivity index is 1.28. The van der Waals surface area contributed by atoms with Gasteiger partial charge in [0.15, 0.2) is 5.78 Å². The van der Waals surface area contributed by atoms with E-state index >= 15 is 0 Å². The fraction of sp³-hybridized carbons (Fsp3) is 0.822. The highest BCUT2D eigenvalue weighted by molar-refractivity contribution is 6.00. The van der Waals surface area contributed by atoms with Crippen molar-refractivity contribution in [1.82, 2.24) is 20.0 Å². The van der Waals surface area contributed by atoms with Crippen LogP contribution in [0, 0.1) is 56.2 Å². The van der Waals surface area contributed by atoms with Gasteiger partial charge >= 0.3 is 11.9 Å². The summed E-state index contributed by atoms with van der Waals surface area (Å²) in [7, 11) is 4.15. The van der Waals surface area contributed by atoms with Crippen molar-refractivity contribution in [2.45, 2.75) is 145 Å². The molecule has 5 aliphatic carbocycles. The molecule has 0 aromatic carbocycles. The van der Waals surface area contributed by atoms with Crippen LogP contribution in [0.4, 0.5) is 0 Å². The van der Waals surface area contributed by atoms with Crippen molar-refractivity contribution in [2.75, 3.05) is 33.7 Å². The fourth-order valence-electron chi connectivity index (χ4n) is 13.5. The quantitative estimate of drug-likeness (QED) is 0.174. The molecule has 1 aromatic rings. The third-order valence-corrected chi connectivity index (χ3v) is 16.7. The van der Waals surface area contributed by atoms with Gasteiger partial charge in [-0.05, 0) is 131 Å². The monoisotopic (exact) mass is 765 g/mol. The third-order valence-electron chi connectivity index (χ3n) is 16.7. The van der Waals surface area contributed by atoms with E-state index in [2.05, 4.69) is 82.6 Å². The summed E-state index contributed by atoms with van der Waals surface area (Å²) in [5.74, 6) is 0.0213. The van der Waals surface area contributed by atoms with Crippen molar-refractivity contribution in [1.29, 1.82) is 0 Å². The second-order valence-corrected chi connectivity index (χ2v) is 21.2. The first-order chi connectivity index (χ1) is 25.5. The molecule has 3 N–H and O–H groups in total. The average Bonchev–Trinajstić information content (AvgIpc) is 3.70. The summed E-state index contributed by atoms with van der Waals surface area (Å²) in [5, 5.41) is 29.6. The second-order valence-electron chi connectivity index (χ2n) is 21.2. The zero-order chi connectivity index (χ0) is 40.5. The van der Waals surface area contributed by atoms with Gasteiger partial charge in [-0.1, -0.05) is 54.0 Å². The topological polar surface area (TPSA) is 136 Å². The number of aliphatic hydroxyl groups excluding tert-OH is 1. The predicted octanol–water partition coefficient (Wildman–Crippen LogP) is 7.53. The Bertz CT molecular complexity index is 1650. The van der Waals surface area contributed by atoms with E-state index in [1.165, 1.54) is 5.57 Å². The van der Waals surface area contributed by atoms with E-state index in [1.807, 2.05) is 12.3 Å². The normalized spacial score (nSPS) is 36.4. The molecule has 2 unspecified atom stereocenters. The van der Waals surface area contributed by atoms with Gasteiger partial charge in [-0.3, -0.25) is 24.4 Å². The zero-order valence-corrected chi connectivity index (χ0v) is 35.9. The highest BCUT2D eigenvalue weighted by atomic mass is 16.5. The largest absolute Gasteiger partial charge is 0.481 e. The Kier molecular flexibility index (Phi) is 11.2. The van der Waals surface area contributed by atoms with Crippen molar-refractivity contribution >= 4 is 17.7 Å². The Morgan fingerprint density at radius 1 is 0.982 bits per heavy atom. The molecule has 0 amide bonds. The molecule has 10 nitrogen and oxygen atoms in total. The molecular formula is C45H72N4O6. The van der Waals surface area contributed by atoms with Crippen molar-refractivity contribution in [3.8, 4) is 0 Å². The van der Waals surface area contributed by atoms with Crippen molar-refractivity contribution in [3.05, 3.63) is 29.1 Å². The number of fused-ring (bicyclic) bond motifs is 7. The van der Waals surface area contributed by atoms with Gasteiger partial charge in [-0.2, -0.15) is 5.10 Å². The number of rotatable bonds is 13. The van der Waals surface area contributed by atoms with Crippen LogP contribution in [0.15, 0.2) is 23.4 Å². The van der Waals surface area contributed by atoms with Crippen LogP contribution in [0.2, 0.25) is 0 Å². The number of ketones is 1. The number of Topliss-reactive ketones (excluding diaryl/α,β-unsaturated/α-hetero) is 1. The van der Waals surface area contributed by atoms with E-state index in [0.29, 0.717) is 31.3 Å². The van der Waals surface area contributed by atoms with Gasteiger partial charge in [-0.25, -0.2) is 0 Å². The molecule has 10 heteroatoms. The molecule has 0 bridgehead atoms. The summed E-state index contributed by atoms with van der Waals surface area (Å²) in [6.45, 7) is 22.5. The van der Waals surface area contributed by atoms with E-state index < -0.39 is 28.9 Å². The summed E-state index contributed by atoms with van der Waals surface area (Å²) in [4.78, 5) is 43.7. The number of aliphatic carboxylic acids is 1. The summed E-state index contributed by atoms with van der Waals surface area (Å²) in [6, 6.07) is 2.00. The standard InChI is InChI=1S/C45H72N4O6/c1-28(2)37-31(50)24-45(34(51)27-49(23-22-48(10)11)26-29-16-21-46-47-29)20-19-43(8)30(38(37)45)12-13-33-42(7)17-15-35(55-36(52)25-40(3,4)39(53)54)41(5,6)32(42)14-18-44(33,43)9/h16,21,28,30,32-35,51H,12-15,17-20,22-27H2,1-11H3,(H,46,47)(H,53,54)/t30-,32+,33-,34?,35+,42+,43-,44-,45?/m1/s1.